The first-order chi connectivity index (χ1) is 12.8. The lowest BCUT2D eigenvalue weighted by atomic mass is 9.83. The first kappa shape index (κ1) is 18.7. The summed E-state index contributed by atoms with van der Waals surface area (Å²) in [5, 5.41) is 10.7. The van der Waals surface area contributed by atoms with Crippen LogP contribution in [0.4, 0.5) is 0 Å². The van der Waals surface area contributed by atoms with Crippen molar-refractivity contribution in [3.05, 3.63) is 62.8 Å². The van der Waals surface area contributed by atoms with Gasteiger partial charge in [0.25, 0.3) is 0 Å². The number of hydrogen-bond acceptors (Lipinski definition) is 6. The Morgan fingerprint density at radius 3 is 2.59 bits per heavy atom. The summed E-state index contributed by atoms with van der Waals surface area (Å²) in [6.45, 7) is 5.59. The molecule has 0 amide bonds. The van der Waals surface area contributed by atoms with Gasteiger partial charge in [-0.2, -0.15) is 5.26 Å². The summed E-state index contributed by atoms with van der Waals surface area (Å²) in [5.41, 5.74) is 9.59. The predicted molar refractivity (Wildman–Crippen MR) is 102 cm³/mol. The van der Waals surface area contributed by atoms with E-state index in [9.17, 15) is 10.1 Å². The van der Waals surface area contributed by atoms with Crippen molar-refractivity contribution >= 4 is 28.5 Å². The molecular formula is C20H18ClN3O3. The lowest BCUT2D eigenvalue weighted by Gasteiger charge is -2.27. The Morgan fingerprint density at radius 1 is 1.30 bits per heavy atom. The molecule has 1 aromatic carbocycles. The Labute approximate surface area is 161 Å². The minimum absolute atomic E-state index is 0.0658. The van der Waals surface area contributed by atoms with Gasteiger partial charge in [-0.15, -0.1) is 0 Å². The van der Waals surface area contributed by atoms with Crippen LogP contribution >= 0.6 is 11.6 Å². The van der Waals surface area contributed by atoms with Crippen molar-refractivity contribution < 1.29 is 14.3 Å². The second-order valence-corrected chi connectivity index (χ2v) is 6.74. The average molecular weight is 384 g/mol. The minimum atomic E-state index is -0.817. The maximum Gasteiger partial charge on any atom is 0.338 e. The third-order valence-corrected chi connectivity index (χ3v) is 5.04. The number of aryl methyl sites for hydroxylation is 2. The molecule has 7 heteroatoms. The van der Waals surface area contributed by atoms with Gasteiger partial charge in [-0.3, -0.25) is 0 Å². The van der Waals surface area contributed by atoms with Crippen LogP contribution in [0.25, 0.3) is 10.9 Å². The maximum absolute atomic E-state index is 12.4. The smallest absolute Gasteiger partial charge is 0.338 e. The zero-order valence-electron chi connectivity index (χ0n) is 15.4. The van der Waals surface area contributed by atoms with E-state index in [-0.39, 0.29) is 27.9 Å². The largest absolute Gasteiger partial charge is 0.466 e. The topological polar surface area (TPSA) is 98.2 Å². The van der Waals surface area contributed by atoms with Crippen LogP contribution in [0.3, 0.4) is 0 Å². The molecule has 0 bridgehead atoms. The number of rotatable bonds is 2. The van der Waals surface area contributed by atoms with Crippen molar-refractivity contribution in [2.75, 3.05) is 7.11 Å². The average Bonchev–Trinajstić information content (AvgIpc) is 2.61. The zero-order valence-corrected chi connectivity index (χ0v) is 16.1. The number of nitrogens with zero attached hydrogens (tertiary/aromatic N) is 2. The first-order valence-electron chi connectivity index (χ1n) is 8.22. The lowest BCUT2D eigenvalue weighted by Crippen LogP contribution is -2.25. The summed E-state index contributed by atoms with van der Waals surface area (Å²) in [6, 6.07) is 7.79. The Bertz CT molecular complexity index is 1080. The van der Waals surface area contributed by atoms with Gasteiger partial charge < -0.3 is 15.2 Å². The molecule has 1 aliphatic heterocycles. The van der Waals surface area contributed by atoms with E-state index in [2.05, 4.69) is 4.98 Å². The molecule has 0 saturated carbocycles. The molecule has 3 rings (SSSR count). The van der Waals surface area contributed by atoms with Crippen LogP contribution in [0.1, 0.15) is 29.5 Å². The van der Waals surface area contributed by atoms with Crippen molar-refractivity contribution in [2.45, 2.75) is 26.7 Å². The molecule has 1 aromatic heterocycles. The predicted octanol–water partition coefficient (Wildman–Crippen LogP) is 3.76. The van der Waals surface area contributed by atoms with Crippen molar-refractivity contribution in [2.24, 2.45) is 5.73 Å². The van der Waals surface area contributed by atoms with Crippen LogP contribution < -0.4 is 5.73 Å². The Balaban J connectivity index is 2.31. The van der Waals surface area contributed by atoms with Gasteiger partial charge in [0.15, 0.2) is 0 Å². The van der Waals surface area contributed by atoms with Gasteiger partial charge in [-0.05, 0) is 50.1 Å². The number of hydrogen-bond donors (Lipinski definition) is 1. The van der Waals surface area contributed by atoms with Gasteiger partial charge in [0.05, 0.1) is 24.1 Å². The highest BCUT2D eigenvalue weighted by atomic mass is 35.5. The summed E-state index contributed by atoms with van der Waals surface area (Å²) in [6.07, 6.45) is 0. The highest BCUT2D eigenvalue weighted by Crippen LogP contribution is 2.42. The van der Waals surface area contributed by atoms with E-state index in [0.29, 0.717) is 5.56 Å². The Morgan fingerprint density at radius 2 is 1.96 bits per heavy atom. The van der Waals surface area contributed by atoms with Crippen LogP contribution in [0.5, 0.6) is 0 Å². The third-order valence-electron chi connectivity index (χ3n) is 4.73. The third kappa shape index (κ3) is 3.11. The fourth-order valence-corrected chi connectivity index (χ4v) is 3.46. The highest BCUT2D eigenvalue weighted by Gasteiger charge is 2.37. The molecule has 1 atom stereocenters. The maximum atomic E-state index is 12.4. The number of ether oxygens (including phenoxy) is 2. The van der Waals surface area contributed by atoms with Crippen LogP contribution in [0.15, 0.2) is 41.0 Å². The van der Waals surface area contributed by atoms with Gasteiger partial charge in [0.2, 0.25) is 5.88 Å². The molecule has 6 nitrogen and oxygen atoms in total. The van der Waals surface area contributed by atoms with E-state index < -0.39 is 11.9 Å². The van der Waals surface area contributed by atoms with Crippen molar-refractivity contribution in [1.82, 2.24) is 4.98 Å². The minimum Gasteiger partial charge on any atom is -0.466 e. The van der Waals surface area contributed by atoms with Gasteiger partial charge in [0.1, 0.15) is 22.6 Å². The fourth-order valence-electron chi connectivity index (χ4n) is 3.20. The number of fused-ring (bicyclic) bond motifs is 1. The summed E-state index contributed by atoms with van der Waals surface area (Å²) in [7, 11) is 1.26. The molecule has 0 saturated heterocycles. The number of carbonyl (C=O) groups is 1. The monoisotopic (exact) mass is 383 g/mol. The number of carbonyl (C=O) groups excluding carboxylic acids is 1. The molecule has 2 aromatic rings. The van der Waals surface area contributed by atoms with E-state index >= 15 is 0 Å². The standard InChI is InChI=1S/C20H18ClN3O3/c1-9-5-12-7-13(18(21)24-15(12)6-10(9)2)17-14(8-22)19(23)27-11(3)16(17)20(25)26-4/h5-7,17H,23H2,1-4H3. The normalized spacial score (nSPS) is 17.0. The molecule has 0 fully saturated rings. The number of nitrogens with two attached hydrogens (primary N) is 1. The van der Waals surface area contributed by atoms with Gasteiger partial charge in [-0.1, -0.05) is 11.6 Å². The quantitative estimate of drug-likeness (QED) is 0.626. The van der Waals surface area contributed by atoms with Gasteiger partial charge in [-0.25, -0.2) is 9.78 Å². The number of benzene rings is 1. The fraction of sp³-hybridized carbons (Fsp3) is 0.250. The zero-order chi connectivity index (χ0) is 19.9. The molecule has 0 radical (unpaired) electrons. The van der Waals surface area contributed by atoms with Gasteiger partial charge in [0, 0.05) is 10.9 Å². The number of allylic oxidation sites excluding steroid dienone is 2. The summed E-state index contributed by atoms with van der Waals surface area (Å²) in [5.74, 6) is -1.24. The van der Waals surface area contributed by atoms with E-state index in [4.69, 9.17) is 26.8 Å². The summed E-state index contributed by atoms with van der Waals surface area (Å²) >= 11 is 6.46. The summed E-state index contributed by atoms with van der Waals surface area (Å²) < 4.78 is 10.3. The summed E-state index contributed by atoms with van der Waals surface area (Å²) in [4.78, 5) is 16.9. The van der Waals surface area contributed by atoms with E-state index in [1.807, 2.05) is 38.1 Å². The van der Waals surface area contributed by atoms with Crippen LogP contribution in [-0.4, -0.2) is 18.1 Å². The number of esters is 1. The lowest BCUT2D eigenvalue weighted by molar-refractivity contribution is -0.136. The van der Waals surface area contributed by atoms with Gasteiger partial charge >= 0.3 is 5.97 Å². The number of pyridine rings is 1. The Kier molecular flexibility index (Phi) is 4.81. The van der Waals surface area contributed by atoms with Crippen LogP contribution in [0, 0.1) is 25.2 Å². The molecule has 2 heterocycles. The molecule has 27 heavy (non-hydrogen) atoms. The molecule has 1 unspecified atom stereocenters. The number of methoxy groups -OCH3 is 1. The van der Waals surface area contributed by atoms with Crippen LogP contribution in [-0.2, 0) is 14.3 Å². The van der Waals surface area contributed by atoms with Crippen molar-refractivity contribution in [3.8, 4) is 6.07 Å². The SMILES string of the molecule is COC(=O)C1=C(C)OC(N)=C(C#N)C1c1cc2cc(C)c(C)cc2nc1Cl. The van der Waals surface area contributed by atoms with Crippen molar-refractivity contribution in [3.63, 3.8) is 0 Å². The Hall–Kier alpha value is -3.04. The van der Waals surface area contributed by atoms with E-state index in [1.54, 1.807) is 6.92 Å². The molecule has 2 N–H and O–H groups in total. The number of halogens is 1. The molecule has 0 spiro atoms. The molecule has 1 aliphatic rings. The number of nitriles is 1. The van der Waals surface area contributed by atoms with Crippen molar-refractivity contribution in [1.29, 1.82) is 5.26 Å². The number of aromatic nitrogens is 1. The molecular weight excluding hydrogens is 366 g/mol. The second kappa shape index (κ2) is 6.93. The second-order valence-electron chi connectivity index (χ2n) is 6.38. The first-order valence-corrected chi connectivity index (χ1v) is 8.60. The molecule has 0 aliphatic carbocycles. The highest BCUT2D eigenvalue weighted by molar-refractivity contribution is 6.30. The molecule has 138 valence electrons. The van der Waals surface area contributed by atoms with Crippen LogP contribution in [0.2, 0.25) is 5.15 Å². The van der Waals surface area contributed by atoms with E-state index in [0.717, 1.165) is 22.0 Å². The van der Waals surface area contributed by atoms with E-state index in [1.165, 1.54) is 7.11 Å².